The minimum absolute atomic E-state index is 0.520. The fourth-order valence-corrected chi connectivity index (χ4v) is 1.22. The van der Waals surface area contributed by atoms with Crippen LogP contribution in [0.2, 0.25) is 0 Å². The average molecular weight is 304 g/mol. The summed E-state index contributed by atoms with van der Waals surface area (Å²) in [6.45, 7) is 10.9. The monoisotopic (exact) mass is 304 g/mol. The second-order valence-corrected chi connectivity index (χ2v) is 3.83. The van der Waals surface area contributed by atoms with Gasteiger partial charge in [0.05, 0.1) is 65.4 Å². The van der Waals surface area contributed by atoms with E-state index in [2.05, 4.69) is 6.58 Å². The molecule has 0 atom stereocenters. The summed E-state index contributed by atoms with van der Waals surface area (Å²) in [6.07, 6.45) is 4.88. The molecule has 0 aromatic rings. The Balaban J connectivity index is 2.94. The molecule has 0 aliphatic rings. The molecule has 0 saturated heterocycles. The Morgan fingerprint density at radius 1 is 0.619 bits per heavy atom. The highest BCUT2D eigenvalue weighted by atomic mass is 16.6. The molecule has 0 aromatic carbocycles. The maximum absolute atomic E-state index is 5.34. The van der Waals surface area contributed by atoms with Gasteiger partial charge >= 0.3 is 0 Å². The van der Waals surface area contributed by atoms with Crippen molar-refractivity contribution < 1.29 is 28.4 Å². The molecular weight excluding hydrogens is 276 g/mol. The highest BCUT2D eigenvalue weighted by Gasteiger charge is 1.92. The van der Waals surface area contributed by atoms with Crippen molar-refractivity contribution in [3.63, 3.8) is 0 Å². The Kier molecular flexibility index (Phi) is 17.9. The van der Waals surface area contributed by atoms with E-state index in [1.54, 1.807) is 6.26 Å². The van der Waals surface area contributed by atoms with Crippen LogP contribution in [0.1, 0.15) is 6.92 Å². The van der Waals surface area contributed by atoms with Crippen LogP contribution in [0.25, 0.3) is 0 Å². The van der Waals surface area contributed by atoms with E-state index in [-0.39, 0.29) is 0 Å². The summed E-state index contributed by atoms with van der Waals surface area (Å²) in [5.41, 5.74) is 0. The maximum Gasteiger partial charge on any atom is 0.111 e. The van der Waals surface area contributed by atoms with Crippen LogP contribution in [0.5, 0.6) is 0 Å². The van der Waals surface area contributed by atoms with Gasteiger partial charge in [0.15, 0.2) is 0 Å². The SMILES string of the molecule is C=COCCOCCOCCOCCOCCOC=CC. The molecule has 0 aromatic heterocycles. The van der Waals surface area contributed by atoms with Gasteiger partial charge in [0.1, 0.15) is 13.2 Å². The van der Waals surface area contributed by atoms with Crippen molar-refractivity contribution in [1.82, 2.24) is 0 Å². The van der Waals surface area contributed by atoms with Gasteiger partial charge in [-0.05, 0) is 6.92 Å². The summed E-state index contributed by atoms with van der Waals surface area (Å²) in [7, 11) is 0. The lowest BCUT2D eigenvalue weighted by Gasteiger charge is -2.07. The Bertz CT molecular complexity index is 232. The van der Waals surface area contributed by atoms with Gasteiger partial charge in [-0.2, -0.15) is 0 Å². The highest BCUT2D eigenvalue weighted by molar-refractivity contribution is 4.64. The zero-order chi connectivity index (χ0) is 15.4. The Labute approximate surface area is 127 Å². The fraction of sp³-hybridized carbons (Fsp3) is 0.733. The van der Waals surface area contributed by atoms with Gasteiger partial charge in [0.2, 0.25) is 0 Å². The van der Waals surface area contributed by atoms with Gasteiger partial charge in [-0.25, -0.2) is 0 Å². The maximum atomic E-state index is 5.34. The first-order valence-corrected chi connectivity index (χ1v) is 7.18. The van der Waals surface area contributed by atoms with Crippen molar-refractivity contribution in [3.05, 3.63) is 25.2 Å². The van der Waals surface area contributed by atoms with E-state index in [4.69, 9.17) is 28.4 Å². The average Bonchev–Trinajstić information content (AvgIpc) is 2.50. The number of hydrogen-bond donors (Lipinski definition) is 0. The normalized spacial score (nSPS) is 10.9. The molecular formula is C15H28O6. The Morgan fingerprint density at radius 2 is 1.00 bits per heavy atom. The number of rotatable bonds is 17. The molecule has 0 amide bonds. The Morgan fingerprint density at radius 3 is 1.38 bits per heavy atom. The van der Waals surface area contributed by atoms with Gasteiger partial charge in [-0.15, -0.1) is 0 Å². The zero-order valence-corrected chi connectivity index (χ0v) is 13.0. The van der Waals surface area contributed by atoms with Crippen LogP contribution in [0.3, 0.4) is 0 Å². The first-order chi connectivity index (χ1) is 10.4. The zero-order valence-electron chi connectivity index (χ0n) is 13.0. The fourth-order valence-electron chi connectivity index (χ4n) is 1.22. The lowest BCUT2D eigenvalue weighted by molar-refractivity contribution is -0.00960. The molecule has 6 heteroatoms. The molecule has 0 bridgehead atoms. The summed E-state index contributed by atoms with van der Waals surface area (Å²) < 4.78 is 31.3. The van der Waals surface area contributed by atoms with E-state index < -0.39 is 0 Å². The smallest absolute Gasteiger partial charge is 0.111 e. The van der Waals surface area contributed by atoms with Crippen LogP contribution in [0.15, 0.2) is 25.2 Å². The molecule has 124 valence electrons. The number of ether oxygens (including phenoxy) is 6. The quantitative estimate of drug-likeness (QED) is 0.301. The third kappa shape index (κ3) is 18.9. The third-order valence-electron chi connectivity index (χ3n) is 2.16. The van der Waals surface area contributed by atoms with Crippen molar-refractivity contribution in [1.29, 1.82) is 0 Å². The molecule has 21 heavy (non-hydrogen) atoms. The van der Waals surface area contributed by atoms with Crippen LogP contribution in [-0.2, 0) is 28.4 Å². The van der Waals surface area contributed by atoms with Crippen molar-refractivity contribution in [2.45, 2.75) is 6.92 Å². The largest absolute Gasteiger partial charge is 0.499 e. The lowest BCUT2D eigenvalue weighted by atomic mass is 10.7. The lowest BCUT2D eigenvalue weighted by Crippen LogP contribution is -2.13. The summed E-state index contributed by atoms with van der Waals surface area (Å²) in [6, 6.07) is 0. The second kappa shape index (κ2) is 18.9. The predicted octanol–water partition coefficient (Wildman–Crippen LogP) is 1.76. The van der Waals surface area contributed by atoms with Crippen molar-refractivity contribution >= 4 is 0 Å². The molecule has 0 spiro atoms. The summed E-state index contributed by atoms with van der Waals surface area (Å²) in [5.74, 6) is 0. The topological polar surface area (TPSA) is 55.4 Å². The molecule has 0 N–H and O–H groups in total. The standard InChI is InChI=1S/C15H28O6/c1-3-5-17-8-9-19-12-13-21-15-14-20-11-10-18-7-6-16-4-2/h3-5H,2,6-15H2,1H3. The molecule has 6 nitrogen and oxygen atoms in total. The summed E-state index contributed by atoms with van der Waals surface area (Å²) in [5, 5.41) is 0. The third-order valence-corrected chi connectivity index (χ3v) is 2.16. The van der Waals surface area contributed by atoms with Crippen molar-refractivity contribution in [2.75, 3.05) is 66.1 Å². The van der Waals surface area contributed by atoms with Crippen molar-refractivity contribution in [3.8, 4) is 0 Å². The molecule has 0 saturated carbocycles. The van der Waals surface area contributed by atoms with Gasteiger partial charge in [-0.3, -0.25) is 0 Å². The van der Waals surface area contributed by atoms with Crippen LogP contribution in [0, 0.1) is 0 Å². The van der Waals surface area contributed by atoms with E-state index in [0.29, 0.717) is 66.1 Å². The molecule has 0 aliphatic heterocycles. The predicted molar refractivity (Wildman–Crippen MR) is 80.2 cm³/mol. The molecule has 0 aliphatic carbocycles. The number of hydrogen-bond acceptors (Lipinski definition) is 6. The summed E-state index contributed by atoms with van der Waals surface area (Å²) in [4.78, 5) is 0. The molecule has 0 heterocycles. The minimum atomic E-state index is 0.520. The first kappa shape index (κ1) is 19.9. The van der Waals surface area contributed by atoms with E-state index in [1.807, 2.05) is 13.0 Å². The second-order valence-electron chi connectivity index (χ2n) is 3.83. The summed E-state index contributed by atoms with van der Waals surface area (Å²) >= 11 is 0. The van der Waals surface area contributed by atoms with E-state index in [1.165, 1.54) is 6.26 Å². The highest BCUT2D eigenvalue weighted by Crippen LogP contribution is 1.84. The van der Waals surface area contributed by atoms with E-state index in [0.717, 1.165) is 0 Å². The van der Waals surface area contributed by atoms with Gasteiger partial charge in [0, 0.05) is 0 Å². The van der Waals surface area contributed by atoms with Gasteiger partial charge in [-0.1, -0.05) is 12.7 Å². The molecule has 0 fully saturated rings. The molecule has 0 radical (unpaired) electrons. The van der Waals surface area contributed by atoms with Crippen molar-refractivity contribution in [2.24, 2.45) is 0 Å². The molecule has 0 unspecified atom stereocenters. The van der Waals surface area contributed by atoms with E-state index >= 15 is 0 Å². The van der Waals surface area contributed by atoms with E-state index in [9.17, 15) is 0 Å². The Hall–Kier alpha value is -1.08. The van der Waals surface area contributed by atoms with Gasteiger partial charge in [0.25, 0.3) is 0 Å². The van der Waals surface area contributed by atoms with Crippen LogP contribution < -0.4 is 0 Å². The number of allylic oxidation sites excluding steroid dienone is 1. The molecule has 0 rings (SSSR count). The van der Waals surface area contributed by atoms with Crippen LogP contribution >= 0.6 is 0 Å². The first-order valence-electron chi connectivity index (χ1n) is 7.18. The van der Waals surface area contributed by atoms with Gasteiger partial charge < -0.3 is 28.4 Å². The minimum Gasteiger partial charge on any atom is -0.499 e. The van der Waals surface area contributed by atoms with Crippen LogP contribution in [0.4, 0.5) is 0 Å². The van der Waals surface area contributed by atoms with Crippen LogP contribution in [-0.4, -0.2) is 66.1 Å².